The Morgan fingerprint density at radius 3 is 2.89 bits per heavy atom. The third-order valence-electron chi connectivity index (χ3n) is 3.23. The molecule has 2 N–H and O–H groups in total. The van der Waals surface area contributed by atoms with Crippen molar-refractivity contribution in [3.8, 4) is 0 Å². The number of amides is 1. The van der Waals surface area contributed by atoms with Crippen molar-refractivity contribution >= 4 is 11.9 Å². The van der Waals surface area contributed by atoms with E-state index in [-0.39, 0.29) is 11.9 Å². The first-order valence-electron chi connectivity index (χ1n) is 6.01. The highest BCUT2D eigenvalue weighted by Gasteiger charge is 2.27. The van der Waals surface area contributed by atoms with Crippen molar-refractivity contribution in [2.75, 3.05) is 5.73 Å². The van der Waals surface area contributed by atoms with Crippen LogP contribution in [0, 0.1) is 13.8 Å². The highest BCUT2D eigenvalue weighted by Crippen LogP contribution is 2.24. The van der Waals surface area contributed by atoms with E-state index < -0.39 is 0 Å². The molecule has 98 valence electrons. The van der Waals surface area contributed by atoms with Crippen molar-refractivity contribution in [1.29, 1.82) is 0 Å². The molecule has 0 saturated heterocycles. The van der Waals surface area contributed by atoms with Crippen LogP contribution in [0.1, 0.15) is 33.1 Å². The lowest BCUT2D eigenvalue weighted by atomic mass is 10.2. The molecule has 2 aromatic rings. The van der Waals surface area contributed by atoms with E-state index >= 15 is 0 Å². The van der Waals surface area contributed by atoms with Gasteiger partial charge in [-0.25, -0.2) is 9.97 Å². The summed E-state index contributed by atoms with van der Waals surface area (Å²) in [6, 6.07) is 1.76. The van der Waals surface area contributed by atoms with Crippen LogP contribution in [0.15, 0.2) is 16.7 Å². The van der Waals surface area contributed by atoms with Gasteiger partial charge in [0.15, 0.2) is 0 Å². The van der Waals surface area contributed by atoms with Gasteiger partial charge in [-0.05, 0) is 19.9 Å². The third kappa shape index (κ3) is 1.95. The lowest BCUT2D eigenvalue weighted by Gasteiger charge is -2.14. The molecule has 0 saturated carbocycles. The molecule has 3 rings (SSSR count). The summed E-state index contributed by atoms with van der Waals surface area (Å²) in [5.74, 6) is 1.57. The summed E-state index contributed by atoms with van der Waals surface area (Å²) in [6.07, 6.45) is 1.68. The fourth-order valence-corrected chi connectivity index (χ4v) is 2.33. The molecule has 0 unspecified atom stereocenters. The molecular weight excluding hydrogens is 244 g/mol. The first-order valence-corrected chi connectivity index (χ1v) is 6.01. The molecule has 1 aliphatic rings. The van der Waals surface area contributed by atoms with Crippen molar-refractivity contribution in [1.82, 2.24) is 14.9 Å². The van der Waals surface area contributed by atoms with Gasteiger partial charge in [0.2, 0.25) is 5.95 Å². The maximum Gasteiger partial charge on any atom is 0.258 e. The smallest absolute Gasteiger partial charge is 0.258 e. The second kappa shape index (κ2) is 4.08. The summed E-state index contributed by atoms with van der Waals surface area (Å²) in [5, 5.41) is 0. The van der Waals surface area contributed by atoms with E-state index in [1.807, 2.05) is 6.92 Å². The Hall–Kier alpha value is -2.37. The van der Waals surface area contributed by atoms with Gasteiger partial charge in [0.1, 0.15) is 11.5 Å². The molecule has 0 fully saturated rings. The first-order chi connectivity index (χ1) is 9.04. The Morgan fingerprint density at radius 2 is 2.21 bits per heavy atom. The minimum absolute atomic E-state index is 0.0501. The van der Waals surface area contributed by atoms with Crippen LogP contribution in [0.3, 0.4) is 0 Å². The van der Waals surface area contributed by atoms with Gasteiger partial charge in [0.25, 0.3) is 5.91 Å². The number of hydrogen-bond acceptors (Lipinski definition) is 5. The monoisotopic (exact) mass is 258 g/mol. The number of rotatable bonds is 1. The van der Waals surface area contributed by atoms with Crippen molar-refractivity contribution < 1.29 is 9.21 Å². The molecule has 0 spiro atoms. The number of nitrogen functional groups attached to an aromatic ring is 1. The maximum atomic E-state index is 12.4. The van der Waals surface area contributed by atoms with Crippen molar-refractivity contribution in [3.05, 3.63) is 40.6 Å². The number of fused-ring (bicyclic) bond motifs is 1. The summed E-state index contributed by atoms with van der Waals surface area (Å²) < 4.78 is 5.40. The summed E-state index contributed by atoms with van der Waals surface area (Å²) in [4.78, 5) is 22.2. The Balaban J connectivity index is 1.87. The lowest BCUT2D eigenvalue weighted by molar-refractivity contribution is 0.0748. The normalized spacial score (nSPS) is 13.7. The van der Waals surface area contributed by atoms with Gasteiger partial charge < -0.3 is 15.1 Å². The molecule has 0 aromatic carbocycles. The third-order valence-corrected chi connectivity index (χ3v) is 3.23. The number of anilines is 1. The molecule has 1 amide bonds. The summed E-state index contributed by atoms with van der Waals surface area (Å²) in [6.45, 7) is 4.60. The molecule has 6 heteroatoms. The second-order valence-electron chi connectivity index (χ2n) is 4.69. The molecular formula is C13H14N4O2. The maximum absolute atomic E-state index is 12.4. The number of carbonyl (C=O) groups excluding carboxylic acids is 1. The zero-order valence-electron chi connectivity index (χ0n) is 10.8. The highest BCUT2D eigenvalue weighted by atomic mass is 16.3. The lowest BCUT2D eigenvalue weighted by Crippen LogP contribution is -2.25. The van der Waals surface area contributed by atoms with Gasteiger partial charge in [-0.1, -0.05) is 0 Å². The zero-order chi connectivity index (χ0) is 13.6. The number of nitrogens with two attached hydrogens (primary N) is 1. The van der Waals surface area contributed by atoms with Gasteiger partial charge in [-0.15, -0.1) is 0 Å². The fourth-order valence-electron chi connectivity index (χ4n) is 2.33. The summed E-state index contributed by atoms with van der Waals surface area (Å²) in [5.41, 5.74) is 7.92. The van der Waals surface area contributed by atoms with Crippen LogP contribution < -0.4 is 5.73 Å². The second-order valence-corrected chi connectivity index (χ2v) is 4.69. The van der Waals surface area contributed by atoms with Gasteiger partial charge in [-0.3, -0.25) is 4.79 Å². The predicted molar refractivity (Wildman–Crippen MR) is 68.2 cm³/mol. The van der Waals surface area contributed by atoms with Gasteiger partial charge in [0.05, 0.1) is 17.8 Å². The minimum atomic E-state index is -0.0501. The standard InChI is InChI=1S/C13H14N4O2/c1-7-3-10(8(2)19-7)12(18)17-5-9-4-15-13(14)16-11(9)6-17/h3-4H,5-6H2,1-2H3,(H2,14,15,16). The average Bonchev–Trinajstić information content (AvgIpc) is 2.91. The largest absolute Gasteiger partial charge is 0.466 e. The molecule has 0 radical (unpaired) electrons. The molecule has 3 heterocycles. The van der Waals surface area contributed by atoms with E-state index in [0.29, 0.717) is 24.4 Å². The molecule has 1 aliphatic heterocycles. The molecule has 0 aliphatic carbocycles. The van der Waals surface area contributed by atoms with Crippen LogP contribution in [0.2, 0.25) is 0 Å². The molecule has 2 aromatic heterocycles. The Bertz CT molecular complexity index is 663. The SMILES string of the molecule is Cc1cc(C(=O)N2Cc3cnc(N)nc3C2)c(C)o1. The first kappa shape index (κ1) is 11.7. The van der Waals surface area contributed by atoms with Gasteiger partial charge in [-0.2, -0.15) is 0 Å². The minimum Gasteiger partial charge on any atom is -0.466 e. The predicted octanol–water partition coefficient (Wildman–Crippen LogP) is 1.42. The molecule has 0 atom stereocenters. The number of aromatic nitrogens is 2. The number of hydrogen-bond donors (Lipinski definition) is 1. The van der Waals surface area contributed by atoms with Crippen LogP contribution in [0.5, 0.6) is 0 Å². The van der Waals surface area contributed by atoms with Gasteiger partial charge >= 0.3 is 0 Å². The Kier molecular flexibility index (Phi) is 2.51. The van der Waals surface area contributed by atoms with E-state index in [9.17, 15) is 4.79 Å². The quantitative estimate of drug-likeness (QED) is 0.836. The Labute approximate surface area is 110 Å². The fraction of sp³-hybridized carbons (Fsp3) is 0.308. The van der Waals surface area contributed by atoms with Crippen LogP contribution >= 0.6 is 0 Å². The number of aryl methyl sites for hydroxylation is 2. The van der Waals surface area contributed by atoms with Crippen molar-refractivity contribution in [3.63, 3.8) is 0 Å². The highest BCUT2D eigenvalue weighted by molar-refractivity contribution is 5.95. The molecule has 0 bridgehead atoms. The summed E-state index contributed by atoms with van der Waals surface area (Å²) in [7, 11) is 0. The number of furan rings is 1. The average molecular weight is 258 g/mol. The topological polar surface area (TPSA) is 85.2 Å². The summed E-state index contributed by atoms with van der Waals surface area (Å²) >= 11 is 0. The number of nitrogens with zero attached hydrogens (tertiary/aromatic N) is 3. The van der Waals surface area contributed by atoms with Crippen LogP contribution in [0.4, 0.5) is 5.95 Å². The van der Waals surface area contributed by atoms with Crippen LogP contribution in [0.25, 0.3) is 0 Å². The van der Waals surface area contributed by atoms with Crippen LogP contribution in [-0.4, -0.2) is 20.8 Å². The van der Waals surface area contributed by atoms with Crippen molar-refractivity contribution in [2.45, 2.75) is 26.9 Å². The van der Waals surface area contributed by atoms with Crippen LogP contribution in [-0.2, 0) is 13.1 Å². The van der Waals surface area contributed by atoms with Gasteiger partial charge in [0, 0.05) is 18.3 Å². The number of carbonyl (C=O) groups is 1. The van der Waals surface area contributed by atoms with Crippen molar-refractivity contribution in [2.24, 2.45) is 0 Å². The van der Waals surface area contributed by atoms with E-state index in [2.05, 4.69) is 9.97 Å². The van der Waals surface area contributed by atoms with E-state index in [1.54, 1.807) is 24.1 Å². The molecule has 6 nitrogen and oxygen atoms in total. The van der Waals surface area contributed by atoms with E-state index in [1.165, 1.54) is 0 Å². The zero-order valence-corrected chi connectivity index (χ0v) is 10.8. The van der Waals surface area contributed by atoms with E-state index in [0.717, 1.165) is 17.0 Å². The molecule has 19 heavy (non-hydrogen) atoms. The Morgan fingerprint density at radius 1 is 1.42 bits per heavy atom. The van der Waals surface area contributed by atoms with E-state index in [4.69, 9.17) is 10.2 Å².